The molecule has 0 unspecified atom stereocenters. The van der Waals surface area contributed by atoms with Crippen LogP contribution in [0.2, 0.25) is 0 Å². The van der Waals surface area contributed by atoms with Crippen molar-refractivity contribution >= 4 is 11.6 Å². The molecular weight excluding hydrogens is 340 g/mol. The van der Waals surface area contributed by atoms with Gasteiger partial charge in [0.1, 0.15) is 24.7 Å². The third-order valence-corrected chi connectivity index (χ3v) is 3.95. The van der Waals surface area contributed by atoms with Crippen LogP contribution < -0.4 is 14.8 Å². The topological polar surface area (TPSA) is 50.8 Å². The summed E-state index contributed by atoms with van der Waals surface area (Å²) in [6.45, 7) is 7.51. The smallest absolute Gasteiger partial charge is 0.238 e. The summed E-state index contributed by atoms with van der Waals surface area (Å²) in [6.07, 6.45) is 2.10. The minimum atomic E-state index is 0.0156. The number of carbonyl (C=O) groups is 1. The molecule has 2 aromatic carbocycles. The fourth-order valence-electron chi connectivity index (χ4n) is 2.78. The number of carbonyl (C=O) groups excluding carboxylic acids is 1. The third kappa shape index (κ3) is 8.13. The first-order chi connectivity index (χ1) is 13.2. The van der Waals surface area contributed by atoms with Gasteiger partial charge in [0.2, 0.25) is 5.91 Å². The minimum absolute atomic E-state index is 0.0156. The average molecular weight is 370 g/mol. The van der Waals surface area contributed by atoms with Gasteiger partial charge in [0.05, 0.1) is 6.54 Å². The normalized spacial score (nSPS) is 10.6. The maximum atomic E-state index is 12.2. The van der Waals surface area contributed by atoms with E-state index >= 15 is 0 Å². The lowest BCUT2D eigenvalue weighted by Crippen LogP contribution is -2.34. The molecule has 5 nitrogen and oxygen atoms in total. The molecule has 5 heteroatoms. The zero-order chi connectivity index (χ0) is 19.3. The van der Waals surface area contributed by atoms with E-state index in [4.69, 9.17) is 9.47 Å². The van der Waals surface area contributed by atoms with Crippen LogP contribution in [0.15, 0.2) is 54.6 Å². The van der Waals surface area contributed by atoms with Crippen molar-refractivity contribution in [3.63, 3.8) is 0 Å². The van der Waals surface area contributed by atoms with Crippen molar-refractivity contribution in [2.75, 3.05) is 38.2 Å². The first-order valence-corrected chi connectivity index (χ1v) is 9.64. The number of benzene rings is 2. The Labute approximate surface area is 162 Å². The van der Waals surface area contributed by atoms with Gasteiger partial charge >= 0.3 is 0 Å². The molecule has 0 atom stereocenters. The van der Waals surface area contributed by atoms with Crippen molar-refractivity contribution in [1.82, 2.24) is 4.90 Å². The molecule has 0 aromatic heterocycles. The van der Waals surface area contributed by atoms with Crippen LogP contribution in [0, 0.1) is 0 Å². The van der Waals surface area contributed by atoms with Crippen LogP contribution in [0.1, 0.15) is 26.7 Å². The van der Waals surface area contributed by atoms with Crippen LogP contribution in [0.5, 0.6) is 11.5 Å². The van der Waals surface area contributed by atoms with Crippen LogP contribution >= 0.6 is 0 Å². The minimum Gasteiger partial charge on any atom is -0.490 e. The quantitative estimate of drug-likeness (QED) is 0.569. The second-order valence-corrected chi connectivity index (χ2v) is 6.36. The van der Waals surface area contributed by atoms with Crippen molar-refractivity contribution in [2.45, 2.75) is 26.7 Å². The van der Waals surface area contributed by atoms with E-state index < -0.39 is 0 Å². The van der Waals surface area contributed by atoms with Gasteiger partial charge in [-0.3, -0.25) is 9.69 Å². The highest BCUT2D eigenvalue weighted by molar-refractivity contribution is 5.92. The second-order valence-electron chi connectivity index (χ2n) is 6.36. The van der Waals surface area contributed by atoms with E-state index in [-0.39, 0.29) is 5.91 Å². The zero-order valence-electron chi connectivity index (χ0n) is 16.3. The third-order valence-electron chi connectivity index (χ3n) is 3.95. The van der Waals surface area contributed by atoms with E-state index in [1.54, 1.807) is 0 Å². The molecule has 0 radical (unpaired) electrons. The summed E-state index contributed by atoms with van der Waals surface area (Å²) in [7, 11) is 0. The summed E-state index contributed by atoms with van der Waals surface area (Å²) >= 11 is 0. The van der Waals surface area contributed by atoms with Gasteiger partial charge in [-0.1, -0.05) is 32.0 Å². The standard InChI is InChI=1S/C22H30N2O3/c1-3-14-24(15-4-2)18-22(25)23-19-10-12-21(13-11-19)27-17-16-26-20-8-6-5-7-9-20/h5-13H,3-4,14-18H2,1-2H3,(H,23,25). The Morgan fingerprint density at radius 2 is 1.41 bits per heavy atom. The summed E-state index contributed by atoms with van der Waals surface area (Å²) in [5, 5.41) is 2.94. The molecule has 1 N–H and O–H groups in total. The monoisotopic (exact) mass is 370 g/mol. The van der Waals surface area contributed by atoms with Crippen molar-refractivity contribution < 1.29 is 14.3 Å². The van der Waals surface area contributed by atoms with Gasteiger partial charge in [0.25, 0.3) is 0 Å². The fourth-order valence-corrected chi connectivity index (χ4v) is 2.78. The van der Waals surface area contributed by atoms with E-state index in [1.165, 1.54) is 0 Å². The SMILES string of the molecule is CCCN(CCC)CC(=O)Nc1ccc(OCCOc2ccccc2)cc1. The van der Waals surface area contributed by atoms with E-state index in [1.807, 2.05) is 54.6 Å². The number of ether oxygens (including phenoxy) is 2. The molecule has 0 aliphatic rings. The van der Waals surface area contributed by atoms with Crippen LogP contribution in [-0.2, 0) is 4.79 Å². The predicted molar refractivity (Wildman–Crippen MR) is 110 cm³/mol. The maximum Gasteiger partial charge on any atom is 0.238 e. The molecular formula is C22H30N2O3. The molecule has 0 aliphatic carbocycles. The van der Waals surface area contributed by atoms with Crippen LogP contribution in [-0.4, -0.2) is 43.7 Å². The Hall–Kier alpha value is -2.53. The molecule has 0 heterocycles. The number of nitrogens with zero attached hydrogens (tertiary/aromatic N) is 1. The van der Waals surface area contributed by atoms with Crippen LogP contribution in [0.3, 0.4) is 0 Å². The molecule has 1 amide bonds. The average Bonchev–Trinajstić information content (AvgIpc) is 2.68. The van der Waals surface area contributed by atoms with Gasteiger partial charge in [-0.05, 0) is 62.3 Å². The molecule has 2 aromatic rings. The maximum absolute atomic E-state index is 12.2. The van der Waals surface area contributed by atoms with Crippen molar-refractivity contribution in [3.8, 4) is 11.5 Å². The summed E-state index contributed by atoms with van der Waals surface area (Å²) in [6, 6.07) is 17.1. The molecule has 0 fully saturated rings. The number of hydrogen-bond donors (Lipinski definition) is 1. The number of rotatable bonds is 12. The van der Waals surface area contributed by atoms with Crippen LogP contribution in [0.25, 0.3) is 0 Å². The Morgan fingerprint density at radius 1 is 0.852 bits per heavy atom. The summed E-state index contributed by atoms with van der Waals surface area (Å²) in [4.78, 5) is 14.4. The van der Waals surface area contributed by atoms with Crippen molar-refractivity contribution in [1.29, 1.82) is 0 Å². The lowest BCUT2D eigenvalue weighted by molar-refractivity contribution is -0.117. The van der Waals surface area contributed by atoms with E-state index in [9.17, 15) is 4.79 Å². The van der Waals surface area contributed by atoms with Gasteiger partial charge < -0.3 is 14.8 Å². The molecule has 2 rings (SSSR count). The first kappa shape index (κ1) is 20.8. The zero-order valence-corrected chi connectivity index (χ0v) is 16.3. The Bertz CT molecular complexity index is 653. The Balaban J connectivity index is 1.71. The van der Waals surface area contributed by atoms with Gasteiger partial charge in [-0.2, -0.15) is 0 Å². The lowest BCUT2D eigenvalue weighted by atomic mass is 10.3. The number of amides is 1. The highest BCUT2D eigenvalue weighted by Crippen LogP contribution is 2.16. The lowest BCUT2D eigenvalue weighted by Gasteiger charge is -2.20. The summed E-state index contributed by atoms with van der Waals surface area (Å²) in [5.41, 5.74) is 0.779. The van der Waals surface area contributed by atoms with Crippen molar-refractivity contribution in [3.05, 3.63) is 54.6 Å². The molecule has 0 spiro atoms. The number of nitrogens with one attached hydrogen (secondary N) is 1. The number of anilines is 1. The fraction of sp³-hybridized carbons (Fsp3) is 0.409. The summed E-state index contributed by atoms with van der Waals surface area (Å²) < 4.78 is 11.3. The molecule has 146 valence electrons. The first-order valence-electron chi connectivity index (χ1n) is 9.64. The molecule has 0 saturated carbocycles. The number of hydrogen-bond acceptors (Lipinski definition) is 4. The number of para-hydroxylation sites is 1. The largest absolute Gasteiger partial charge is 0.490 e. The molecule has 0 bridgehead atoms. The van der Waals surface area contributed by atoms with Gasteiger partial charge in [-0.25, -0.2) is 0 Å². The molecule has 0 saturated heterocycles. The van der Waals surface area contributed by atoms with Gasteiger partial charge in [-0.15, -0.1) is 0 Å². The van der Waals surface area contributed by atoms with E-state index in [2.05, 4.69) is 24.1 Å². The summed E-state index contributed by atoms with van der Waals surface area (Å²) in [5.74, 6) is 1.60. The van der Waals surface area contributed by atoms with Gasteiger partial charge in [0, 0.05) is 5.69 Å². The van der Waals surface area contributed by atoms with Crippen LogP contribution in [0.4, 0.5) is 5.69 Å². The van der Waals surface area contributed by atoms with E-state index in [0.717, 1.165) is 43.1 Å². The highest BCUT2D eigenvalue weighted by atomic mass is 16.5. The predicted octanol–water partition coefficient (Wildman–Crippen LogP) is 4.20. The molecule has 0 aliphatic heterocycles. The second kappa shape index (κ2) is 12.0. The van der Waals surface area contributed by atoms with E-state index in [0.29, 0.717) is 19.8 Å². The molecule has 27 heavy (non-hydrogen) atoms. The Morgan fingerprint density at radius 3 is 1.96 bits per heavy atom. The Kier molecular flexibility index (Phi) is 9.21. The van der Waals surface area contributed by atoms with Gasteiger partial charge in [0.15, 0.2) is 0 Å². The highest BCUT2D eigenvalue weighted by Gasteiger charge is 2.09. The van der Waals surface area contributed by atoms with Crippen molar-refractivity contribution in [2.24, 2.45) is 0 Å².